The summed E-state index contributed by atoms with van der Waals surface area (Å²) in [5, 5.41) is 10.2. The van der Waals surface area contributed by atoms with Crippen LogP contribution in [0.25, 0.3) is 11.1 Å². The summed E-state index contributed by atoms with van der Waals surface area (Å²) in [6.07, 6.45) is -5.09. The first kappa shape index (κ1) is 26.9. The van der Waals surface area contributed by atoms with E-state index in [1.54, 1.807) is 32.0 Å². The van der Waals surface area contributed by atoms with Crippen molar-refractivity contribution in [1.29, 1.82) is 0 Å². The van der Waals surface area contributed by atoms with E-state index in [0.717, 1.165) is 0 Å². The highest BCUT2D eigenvalue weighted by Crippen LogP contribution is 2.50. The van der Waals surface area contributed by atoms with E-state index in [2.05, 4.69) is 15.0 Å². The largest absolute Gasteiger partial charge is 0.435 e. The summed E-state index contributed by atoms with van der Waals surface area (Å²) in [5.41, 5.74) is 6.55. The highest BCUT2D eigenvalue weighted by Gasteiger charge is 2.48. The molecule has 3 heterocycles. The van der Waals surface area contributed by atoms with Crippen LogP contribution in [0.4, 0.5) is 27.6 Å². The summed E-state index contributed by atoms with van der Waals surface area (Å²) in [6, 6.07) is 8.75. The molecular formula is C27H25F5N4O3. The van der Waals surface area contributed by atoms with Gasteiger partial charge in [-0.05, 0) is 61.6 Å². The number of halogens is 5. The van der Waals surface area contributed by atoms with Crippen molar-refractivity contribution in [3.63, 3.8) is 0 Å². The zero-order valence-electron chi connectivity index (χ0n) is 20.9. The second kappa shape index (κ2) is 9.83. The minimum Gasteiger partial charge on any atom is -0.435 e. The molecule has 3 N–H and O–H groups in total. The summed E-state index contributed by atoms with van der Waals surface area (Å²) < 4.78 is 79.8. The lowest BCUT2D eigenvalue weighted by Gasteiger charge is -2.36. The number of ether oxygens (including phenoxy) is 2. The van der Waals surface area contributed by atoms with Crippen molar-refractivity contribution in [2.24, 2.45) is 10.7 Å². The molecule has 2 bridgehead atoms. The average Bonchev–Trinajstić information content (AvgIpc) is 2.83. The maximum Gasteiger partial charge on any atom is 0.418 e. The van der Waals surface area contributed by atoms with Gasteiger partial charge in [-0.15, -0.1) is 0 Å². The van der Waals surface area contributed by atoms with Gasteiger partial charge in [-0.2, -0.15) is 22.0 Å². The molecule has 1 unspecified atom stereocenters. The van der Waals surface area contributed by atoms with Gasteiger partial charge in [0.1, 0.15) is 23.3 Å². The number of hydrogen-bond acceptors (Lipinski definition) is 7. The molecule has 0 radical (unpaired) electrons. The fourth-order valence-corrected chi connectivity index (χ4v) is 5.03. The summed E-state index contributed by atoms with van der Waals surface area (Å²) in [5.74, 6) is -1.06. The number of hydrogen-bond donors (Lipinski definition) is 2. The Hall–Kier alpha value is -3.64. The quantitative estimate of drug-likeness (QED) is 0.394. The Balaban J connectivity index is 1.73. The van der Waals surface area contributed by atoms with Crippen molar-refractivity contribution in [2.75, 3.05) is 0 Å². The lowest BCUT2D eigenvalue weighted by Crippen LogP contribution is -2.39. The van der Waals surface area contributed by atoms with Crippen LogP contribution in [-0.4, -0.2) is 39.8 Å². The minimum absolute atomic E-state index is 0.0405. The van der Waals surface area contributed by atoms with Gasteiger partial charge in [0.25, 0.3) is 0 Å². The van der Waals surface area contributed by atoms with E-state index in [4.69, 9.17) is 15.2 Å². The molecule has 1 aromatic heterocycles. The molecule has 2 aromatic carbocycles. The van der Waals surface area contributed by atoms with Crippen molar-refractivity contribution >= 4 is 11.5 Å². The Kier molecular flexibility index (Phi) is 6.79. The molecule has 0 amide bonds. The normalized spacial score (nSPS) is 21.3. The molecule has 12 heteroatoms. The lowest BCUT2D eigenvalue weighted by atomic mass is 9.79. The summed E-state index contributed by atoms with van der Waals surface area (Å²) >= 11 is 0. The topological polar surface area (TPSA) is 103 Å². The molecule has 0 spiro atoms. The van der Waals surface area contributed by atoms with E-state index in [1.165, 1.54) is 30.6 Å². The van der Waals surface area contributed by atoms with Gasteiger partial charge in [-0.1, -0.05) is 18.2 Å². The number of amidine groups is 1. The van der Waals surface area contributed by atoms with Crippen molar-refractivity contribution in [3.8, 4) is 16.9 Å². The molecule has 0 saturated heterocycles. The minimum atomic E-state index is -4.86. The van der Waals surface area contributed by atoms with Crippen molar-refractivity contribution in [3.05, 3.63) is 71.3 Å². The average molecular weight is 549 g/mol. The lowest BCUT2D eigenvalue weighted by molar-refractivity contribution is -0.231. The Morgan fingerprint density at radius 2 is 1.74 bits per heavy atom. The van der Waals surface area contributed by atoms with Gasteiger partial charge in [0, 0.05) is 29.4 Å². The van der Waals surface area contributed by atoms with Crippen LogP contribution in [0.3, 0.4) is 0 Å². The second-order valence-electron chi connectivity index (χ2n) is 9.98. The van der Waals surface area contributed by atoms with Crippen LogP contribution in [0.2, 0.25) is 0 Å². The Bertz CT molecular complexity index is 1400. The Labute approximate surface area is 220 Å². The maximum absolute atomic E-state index is 14.3. The third-order valence-electron chi connectivity index (χ3n) is 6.78. The van der Waals surface area contributed by atoms with Gasteiger partial charge in [-0.3, -0.25) is 0 Å². The van der Waals surface area contributed by atoms with Crippen LogP contribution >= 0.6 is 0 Å². The van der Waals surface area contributed by atoms with Gasteiger partial charge < -0.3 is 20.3 Å². The van der Waals surface area contributed by atoms with Crippen LogP contribution in [0.1, 0.15) is 61.2 Å². The van der Waals surface area contributed by atoms with Crippen LogP contribution in [0.5, 0.6) is 5.75 Å². The molecule has 2 aliphatic rings. The molecule has 3 aromatic rings. The third kappa shape index (κ3) is 5.30. The number of benzene rings is 2. The zero-order chi connectivity index (χ0) is 28.1. The zero-order valence-corrected chi connectivity index (χ0v) is 20.9. The van der Waals surface area contributed by atoms with E-state index in [0.29, 0.717) is 22.4 Å². The molecule has 2 aliphatic heterocycles. The highest BCUT2D eigenvalue weighted by molar-refractivity contribution is 5.88. The standard InChI is InChI=1S/C27H25F5N4O3/c1-26(2,37)24-34-11-14(12-35-24)13-6-8-18-17(10-13)15-7-9-20(23(33)36-18)38-22(27(30,31)32)16-4-3-5-19(21(15)16)39-25(28)29/h3-6,8,10-12,15,20,22,25,37H,7,9H2,1-2H3,(H2,33,36)/t15?,20-,22+/m1/s1. The summed E-state index contributed by atoms with van der Waals surface area (Å²) in [6.45, 7) is -0.155. The first-order valence-electron chi connectivity index (χ1n) is 12.2. The number of nitrogens with two attached hydrogens (primary N) is 1. The summed E-state index contributed by atoms with van der Waals surface area (Å²) in [4.78, 5) is 12.8. The first-order chi connectivity index (χ1) is 18.3. The van der Waals surface area contributed by atoms with Crippen LogP contribution in [-0.2, 0) is 10.3 Å². The monoisotopic (exact) mass is 548 g/mol. The molecule has 7 nitrogen and oxygen atoms in total. The molecule has 39 heavy (non-hydrogen) atoms. The number of rotatable bonds is 4. The van der Waals surface area contributed by atoms with Gasteiger partial charge >= 0.3 is 12.8 Å². The van der Waals surface area contributed by atoms with Crippen molar-refractivity contribution in [2.45, 2.75) is 63.2 Å². The van der Waals surface area contributed by atoms with E-state index >= 15 is 0 Å². The highest BCUT2D eigenvalue weighted by atomic mass is 19.4. The smallest absolute Gasteiger partial charge is 0.418 e. The van der Waals surface area contributed by atoms with E-state index in [-0.39, 0.29) is 41.4 Å². The van der Waals surface area contributed by atoms with Gasteiger partial charge in [0.15, 0.2) is 11.9 Å². The molecule has 0 aliphatic carbocycles. The van der Waals surface area contributed by atoms with Gasteiger partial charge in [-0.25, -0.2) is 15.0 Å². The number of aromatic nitrogens is 2. The fraction of sp³-hybridized carbons (Fsp3) is 0.370. The predicted molar refractivity (Wildman–Crippen MR) is 132 cm³/mol. The first-order valence-corrected chi connectivity index (χ1v) is 12.2. The number of aliphatic imine (C=N–C) groups is 1. The number of fused-ring (bicyclic) bond motifs is 7. The van der Waals surface area contributed by atoms with E-state index < -0.39 is 36.5 Å². The van der Waals surface area contributed by atoms with E-state index in [1.807, 2.05) is 0 Å². The van der Waals surface area contributed by atoms with E-state index in [9.17, 15) is 27.1 Å². The molecule has 3 atom stereocenters. The summed E-state index contributed by atoms with van der Waals surface area (Å²) in [7, 11) is 0. The second-order valence-corrected chi connectivity index (χ2v) is 9.98. The molecule has 206 valence electrons. The predicted octanol–water partition coefficient (Wildman–Crippen LogP) is 5.89. The number of nitrogens with zero attached hydrogens (tertiary/aromatic N) is 3. The Morgan fingerprint density at radius 3 is 2.38 bits per heavy atom. The van der Waals surface area contributed by atoms with Gasteiger partial charge in [0.2, 0.25) is 0 Å². The molecule has 5 rings (SSSR count). The third-order valence-corrected chi connectivity index (χ3v) is 6.78. The molecular weight excluding hydrogens is 523 g/mol. The van der Waals surface area contributed by atoms with Crippen molar-refractivity contribution < 1.29 is 36.5 Å². The van der Waals surface area contributed by atoms with Crippen LogP contribution in [0.15, 0.2) is 53.8 Å². The number of aliphatic hydroxyl groups is 1. The van der Waals surface area contributed by atoms with Crippen molar-refractivity contribution in [1.82, 2.24) is 9.97 Å². The van der Waals surface area contributed by atoms with Crippen LogP contribution in [0, 0.1) is 0 Å². The van der Waals surface area contributed by atoms with Gasteiger partial charge in [0.05, 0.1) is 5.69 Å². The SMILES string of the molecule is CC(C)(O)c1ncc(-c2ccc3c(c2)C2CC[C@@H](O[C@H](C(F)(F)F)c4cccc(OC(F)F)c42)C(N)=N3)cn1. The molecule has 0 saturated carbocycles. The maximum atomic E-state index is 14.3. The fourth-order valence-electron chi connectivity index (χ4n) is 5.03. The Morgan fingerprint density at radius 1 is 1.03 bits per heavy atom. The number of alkyl halides is 5. The van der Waals surface area contributed by atoms with Crippen LogP contribution < -0.4 is 10.5 Å². The molecule has 0 fully saturated rings.